The minimum absolute atomic E-state index is 0. The molecule has 0 radical (unpaired) electrons. The molecule has 2 rings (SSSR count). The number of halogens is 3. The number of ether oxygens (including phenoxy) is 1. The van der Waals surface area contributed by atoms with Gasteiger partial charge in [0, 0.05) is 19.0 Å². The van der Waals surface area contributed by atoms with Crippen LogP contribution in [0, 0.1) is 0 Å². The van der Waals surface area contributed by atoms with Crippen molar-refractivity contribution >= 4 is 35.6 Å². The standard InChI is InChI=1S/C13H17Cl2NO3.ClH/c14-10-2-1-8(5-11(10)15)9-6-16-3-4-19-13(9)12(18)7-17;/h1-2,5,9,12-13,16-18H,3-4,6-7H2;1H/t9-,12-,13+;/m1./s1. The van der Waals surface area contributed by atoms with Gasteiger partial charge in [-0.2, -0.15) is 0 Å². The van der Waals surface area contributed by atoms with Crippen molar-refractivity contribution in [3.63, 3.8) is 0 Å². The lowest BCUT2D eigenvalue weighted by molar-refractivity contribution is -0.0609. The Morgan fingerprint density at radius 1 is 1.35 bits per heavy atom. The number of rotatable bonds is 3. The molecule has 1 aromatic carbocycles. The molecule has 20 heavy (non-hydrogen) atoms. The third-order valence-electron chi connectivity index (χ3n) is 3.29. The molecule has 114 valence electrons. The van der Waals surface area contributed by atoms with Crippen molar-refractivity contribution in [2.75, 3.05) is 26.3 Å². The summed E-state index contributed by atoms with van der Waals surface area (Å²) < 4.78 is 5.64. The van der Waals surface area contributed by atoms with Crippen molar-refractivity contribution in [1.82, 2.24) is 5.32 Å². The van der Waals surface area contributed by atoms with E-state index >= 15 is 0 Å². The van der Waals surface area contributed by atoms with Crippen LogP contribution >= 0.6 is 35.6 Å². The summed E-state index contributed by atoms with van der Waals surface area (Å²) in [5, 5.41) is 23.3. The molecule has 0 spiro atoms. The van der Waals surface area contributed by atoms with Gasteiger partial charge in [-0.1, -0.05) is 29.3 Å². The maximum absolute atomic E-state index is 9.90. The fourth-order valence-corrected chi connectivity index (χ4v) is 2.60. The molecule has 0 aliphatic carbocycles. The maximum atomic E-state index is 9.90. The Bertz CT molecular complexity index is 433. The highest BCUT2D eigenvalue weighted by Crippen LogP contribution is 2.30. The van der Waals surface area contributed by atoms with Crippen LogP contribution in [-0.2, 0) is 4.74 Å². The van der Waals surface area contributed by atoms with Gasteiger partial charge in [0.1, 0.15) is 6.10 Å². The van der Waals surface area contributed by atoms with Crippen LogP contribution in [0.2, 0.25) is 10.0 Å². The summed E-state index contributed by atoms with van der Waals surface area (Å²) in [5.41, 5.74) is 0.932. The van der Waals surface area contributed by atoms with E-state index in [-0.39, 0.29) is 24.9 Å². The average Bonchev–Trinajstić information content (AvgIpc) is 2.66. The molecule has 1 aliphatic rings. The van der Waals surface area contributed by atoms with E-state index in [4.69, 9.17) is 33.0 Å². The molecule has 1 aromatic rings. The monoisotopic (exact) mass is 341 g/mol. The second kappa shape index (κ2) is 8.39. The van der Waals surface area contributed by atoms with Crippen LogP contribution < -0.4 is 5.32 Å². The number of hydrogen-bond acceptors (Lipinski definition) is 4. The van der Waals surface area contributed by atoms with Gasteiger partial charge >= 0.3 is 0 Å². The topological polar surface area (TPSA) is 61.7 Å². The van der Waals surface area contributed by atoms with Gasteiger partial charge in [-0.3, -0.25) is 0 Å². The number of hydrogen-bond donors (Lipinski definition) is 3. The van der Waals surface area contributed by atoms with Gasteiger partial charge < -0.3 is 20.3 Å². The molecule has 0 aromatic heterocycles. The third-order valence-corrected chi connectivity index (χ3v) is 4.03. The maximum Gasteiger partial charge on any atom is 0.104 e. The smallest absolute Gasteiger partial charge is 0.104 e. The summed E-state index contributed by atoms with van der Waals surface area (Å²) in [4.78, 5) is 0. The van der Waals surface area contributed by atoms with Crippen LogP contribution in [0.1, 0.15) is 11.5 Å². The summed E-state index contributed by atoms with van der Waals surface area (Å²) in [7, 11) is 0. The molecule has 0 bridgehead atoms. The largest absolute Gasteiger partial charge is 0.394 e. The predicted molar refractivity (Wildman–Crippen MR) is 82.2 cm³/mol. The molecule has 1 fully saturated rings. The van der Waals surface area contributed by atoms with Gasteiger partial charge in [-0.05, 0) is 17.7 Å². The molecule has 3 N–H and O–H groups in total. The van der Waals surface area contributed by atoms with E-state index in [1.54, 1.807) is 12.1 Å². The van der Waals surface area contributed by atoms with Crippen LogP contribution in [0.15, 0.2) is 18.2 Å². The van der Waals surface area contributed by atoms with E-state index in [2.05, 4.69) is 5.32 Å². The highest BCUT2D eigenvalue weighted by atomic mass is 35.5. The Hall–Kier alpha value is -0.0700. The average molecular weight is 343 g/mol. The van der Waals surface area contributed by atoms with Crippen LogP contribution in [0.4, 0.5) is 0 Å². The zero-order chi connectivity index (χ0) is 13.8. The van der Waals surface area contributed by atoms with Crippen molar-refractivity contribution < 1.29 is 14.9 Å². The normalized spacial score (nSPS) is 24.6. The summed E-state index contributed by atoms with van der Waals surface area (Å²) in [6, 6.07) is 5.38. The Balaban J connectivity index is 0.00000200. The predicted octanol–water partition coefficient (Wildman–Crippen LogP) is 1.84. The fraction of sp³-hybridized carbons (Fsp3) is 0.538. The molecule has 3 atom stereocenters. The first-order valence-corrected chi connectivity index (χ1v) is 6.95. The zero-order valence-electron chi connectivity index (χ0n) is 10.8. The van der Waals surface area contributed by atoms with Gasteiger partial charge in [0.25, 0.3) is 0 Å². The van der Waals surface area contributed by atoms with Crippen molar-refractivity contribution in [2.45, 2.75) is 18.1 Å². The first-order valence-electron chi connectivity index (χ1n) is 6.19. The molecule has 1 heterocycles. The Morgan fingerprint density at radius 3 is 2.75 bits per heavy atom. The summed E-state index contributed by atoms with van der Waals surface area (Å²) in [5.74, 6) is -0.0839. The summed E-state index contributed by atoms with van der Waals surface area (Å²) in [6.45, 7) is 1.54. The fourth-order valence-electron chi connectivity index (χ4n) is 2.29. The molecule has 0 amide bonds. The van der Waals surface area contributed by atoms with Crippen molar-refractivity contribution in [3.05, 3.63) is 33.8 Å². The lowest BCUT2D eigenvalue weighted by Crippen LogP contribution is -2.38. The van der Waals surface area contributed by atoms with Gasteiger partial charge in [-0.15, -0.1) is 12.4 Å². The van der Waals surface area contributed by atoms with Crippen molar-refractivity contribution in [2.24, 2.45) is 0 Å². The Morgan fingerprint density at radius 2 is 2.10 bits per heavy atom. The van der Waals surface area contributed by atoms with Crippen LogP contribution in [-0.4, -0.2) is 48.7 Å². The summed E-state index contributed by atoms with van der Waals surface area (Å²) >= 11 is 11.9. The molecule has 0 unspecified atom stereocenters. The van der Waals surface area contributed by atoms with E-state index in [0.717, 1.165) is 5.56 Å². The van der Waals surface area contributed by atoms with Crippen molar-refractivity contribution in [1.29, 1.82) is 0 Å². The van der Waals surface area contributed by atoms with Crippen LogP contribution in [0.25, 0.3) is 0 Å². The van der Waals surface area contributed by atoms with Crippen LogP contribution in [0.5, 0.6) is 0 Å². The van der Waals surface area contributed by atoms with E-state index in [0.29, 0.717) is 29.7 Å². The SMILES string of the molecule is Cl.OC[C@@H](O)[C@H]1OCCNC[C@@H]1c1ccc(Cl)c(Cl)c1. The van der Waals surface area contributed by atoms with Gasteiger partial charge in [-0.25, -0.2) is 0 Å². The third kappa shape index (κ3) is 4.21. The Kier molecular flexibility index (Phi) is 7.54. The minimum atomic E-state index is -0.917. The number of aliphatic hydroxyl groups excluding tert-OH is 2. The number of benzene rings is 1. The first kappa shape index (κ1) is 18.0. The van der Waals surface area contributed by atoms with Crippen LogP contribution in [0.3, 0.4) is 0 Å². The molecule has 7 heteroatoms. The van der Waals surface area contributed by atoms with Gasteiger partial charge in [0.05, 0.1) is 29.4 Å². The van der Waals surface area contributed by atoms with E-state index in [1.807, 2.05) is 6.07 Å². The molecular formula is C13H18Cl3NO3. The molecule has 4 nitrogen and oxygen atoms in total. The summed E-state index contributed by atoms with van der Waals surface area (Å²) in [6.07, 6.45) is -1.38. The zero-order valence-corrected chi connectivity index (χ0v) is 13.1. The minimum Gasteiger partial charge on any atom is -0.394 e. The van der Waals surface area contributed by atoms with Gasteiger partial charge in [0.2, 0.25) is 0 Å². The lowest BCUT2D eigenvalue weighted by atomic mass is 9.90. The lowest BCUT2D eigenvalue weighted by Gasteiger charge is -2.28. The molecule has 0 saturated carbocycles. The van der Waals surface area contributed by atoms with E-state index < -0.39 is 12.2 Å². The molecule has 1 aliphatic heterocycles. The number of nitrogens with one attached hydrogen (secondary N) is 1. The second-order valence-electron chi connectivity index (χ2n) is 4.57. The molecule has 1 saturated heterocycles. The van der Waals surface area contributed by atoms with E-state index in [1.165, 1.54) is 0 Å². The highest BCUT2D eigenvalue weighted by Gasteiger charge is 2.31. The quantitative estimate of drug-likeness (QED) is 0.784. The first-order chi connectivity index (χ1) is 9.13. The van der Waals surface area contributed by atoms with Crippen molar-refractivity contribution in [3.8, 4) is 0 Å². The highest BCUT2D eigenvalue weighted by molar-refractivity contribution is 6.42. The molecular weight excluding hydrogens is 325 g/mol. The Labute approximate surface area is 134 Å². The van der Waals surface area contributed by atoms with E-state index in [9.17, 15) is 5.11 Å². The number of aliphatic hydroxyl groups is 2. The van der Waals surface area contributed by atoms with Gasteiger partial charge in [0.15, 0.2) is 0 Å². The second-order valence-corrected chi connectivity index (χ2v) is 5.38.